The number of methoxy groups -OCH3 is 2. The lowest BCUT2D eigenvalue weighted by Gasteiger charge is -2.20. The van der Waals surface area contributed by atoms with Gasteiger partial charge in [0.1, 0.15) is 18.2 Å². The molecule has 0 spiro atoms. The fraction of sp³-hybridized carbons (Fsp3) is 0.316. The molecule has 10 nitrogen and oxygen atoms in total. The molecule has 0 atom stereocenters. The zero-order valence-electron chi connectivity index (χ0n) is 16.5. The number of benzene rings is 1. The van der Waals surface area contributed by atoms with Gasteiger partial charge in [-0.15, -0.1) is 0 Å². The van der Waals surface area contributed by atoms with Crippen molar-refractivity contribution in [3.05, 3.63) is 61.6 Å². The highest BCUT2D eigenvalue weighted by molar-refractivity contribution is 5.76. The Morgan fingerprint density at radius 2 is 1.90 bits per heavy atom. The molecule has 0 N–H and O–H groups in total. The molecule has 1 aromatic heterocycles. The second-order valence-corrected chi connectivity index (χ2v) is 6.30. The maximum absolute atomic E-state index is 12.6. The zero-order chi connectivity index (χ0) is 21.7. The molecule has 0 bridgehead atoms. The first-order valence-electron chi connectivity index (χ1n) is 8.46. The number of amides is 1. The summed E-state index contributed by atoms with van der Waals surface area (Å²) in [5.41, 5.74) is 0.0871. The molecule has 0 aliphatic heterocycles. The van der Waals surface area contributed by atoms with Crippen LogP contribution in [0.3, 0.4) is 0 Å². The van der Waals surface area contributed by atoms with Crippen LogP contribution in [0.1, 0.15) is 16.7 Å². The molecule has 0 unspecified atom stereocenters. The van der Waals surface area contributed by atoms with Gasteiger partial charge in [0.2, 0.25) is 5.91 Å². The zero-order valence-corrected chi connectivity index (χ0v) is 16.5. The normalized spacial score (nSPS) is 10.2. The summed E-state index contributed by atoms with van der Waals surface area (Å²) in [6.07, 6.45) is 0.955. The van der Waals surface area contributed by atoms with Crippen molar-refractivity contribution in [3.8, 4) is 17.6 Å². The maximum atomic E-state index is 12.6. The molecule has 0 saturated heterocycles. The van der Waals surface area contributed by atoms with Gasteiger partial charge in [0.05, 0.1) is 25.3 Å². The summed E-state index contributed by atoms with van der Waals surface area (Å²) in [7, 11) is 4.58. The van der Waals surface area contributed by atoms with Crippen molar-refractivity contribution in [3.63, 3.8) is 0 Å². The van der Waals surface area contributed by atoms with E-state index in [0.717, 1.165) is 28.0 Å². The average molecular weight is 400 g/mol. The van der Waals surface area contributed by atoms with Crippen molar-refractivity contribution in [2.45, 2.75) is 20.0 Å². The second kappa shape index (κ2) is 8.88. The Morgan fingerprint density at radius 3 is 2.45 bits per heavy atom. The summed E-state index contributed by atoms with van der Waals surface area (Å²) >= 11 is 0. The van der Waals surface area contributed by atoms with E-state index in [-0.39, 0.29) is 6.54 Å². The predicted molar refractivity (Wildman–Crippen MR) is 103 cm³/mol. The summed E-state index contributed by atoms with van der Waals surface area (Å²) in [6, 6.07) is 6.05. The van der Waals surface area contributed by atoms with E-state index < -0.39 is 34.2 Å². The third-order valence-electron chi connectivity index (χ3n) is 4.38. The topological polar surface area (TPSA) is 128 Å². The summed E-state index contributed by atoms with van der Waals surface area (Å²) in [5.74, 6) is 0.628. The molecular weight excluding hydrogens is 380 g/mol. The van der Waals surface area contributed by atoms with E-state index in [9.17, 15) is 19.7 Å². The molecule has 2 rings (SSSR count). The van der Waals surface area contributed by atoms with Gasteiger partial charge in [0, 0.05) is 19.7 Å². The molecule has 152 valence electrons. The predicted octanol–water partition coefficient (Wildman–Crippen LogP) is 1.61. The molecule has 1 aromatic carbocycles. The van der Waals surface area contributed by atoms with Crippen LogP contribution < -0.4 is 15.0 Å². The molecule has 0 aliphatic carbocycles. The fourth-order valence-corrected chi connectivity index (χ4v) is 2.72. The molecule has 0 aliphatic rings. The number of hydrogen-bond donors (Lipinski definition) is 0. The van der Waals surface area contributed by atoms with Crippen LogP contribution in [-0.2, 0) is 17.9 Å². The smallest absolute Gasteiger partial charge is 0.287 e. The molecule has 0 saturated carbocycles. The third-order valence-corrected chi connectivity index (χ3v) is 4.38. The molecule has 0 fully saturated rings. The lowest BCUT2D eigenvalue weighted by atomic mass is 10.1. The third kappa shape index (κ3) is 4.70. The minimum Gasteiger partial charge on any atom is -0.493 e. The number of nitriles is 1. The summed E-state index contributed by atoms with van der Waals surface area (Å²) in [5, 5.41) is 20.0. The number of carbonyl (C=O) groups is 1. The Balaban J connectivity index is 2.27. The van der Waals surface area contributed by atoms with Gasteiger partial charge in [-0.2, -0.15) is 5.26 Å². The number of carbonyl (C=O) groups excluding carboxylic acids is 1. The summed E-state index contributed by atoms with van der Waals surface area (Å²) in [6.45, 7) is 1.65. The molecule has 29 heavy (non-hydrogen) atoms. The second-order valence-electron chi connectivity index (χ2n) is 6.30. The average Bonchev–Trinajstić information content (AvgIpc) is 2.70. The quantitative estimate of drug-likeness (QED) is 0.510. The van der Waals surface area contributed by atoms with Gasteiger partial charge in [0.25, 0.3) is 11.2 Å². The molecule has 1 amide bonds. The van der Waals surface area contributed by atoms with Gasteiger partial charge < -0.3 is 14.4 Å². The Bertz CT molecular complexity index is 1050. The van der Waals surface area contributed by atoms with Crippen molar-refractivity contribution in [2.75, 3.05) is 21.3 Å². The number of aromatic nitrogens is 1. The molecule has 1 heterocycles. The minimum absolute atomic E-state index is 0.222. The Labute approximate surface area is 166 Å². The number of nitro groups is 1. The van der Waals surface area contributed by atoms with Crippen molar-refractivity contribution in [2.24, 2.45) is 0 Å². The van der Waals surface area contributed by atoms with Crippen LogP contribution in [0.15, 0.2) is 29.2 Å². The van der Waals surface area contributed by atoms with E-state index >= 15 is 0 Å². The van der Waals surface area contributed by atoms with Crippen molar-refractivity contribution in [1.29, 1.82) is 5.26 Å². The minimum atomic E-state index is -0.762. The largest absolute Gasteiger partial charge is 0.493 e. The van der Waals surface area contributed by atoms with Crippen molar-refractivity contribution in [1.82, 2.24) is 9.47 Å². The monoisotopic (exact) mass is 400 g/mol. The molecule has 0 radical (unpaired) electrons. The van der Waals surface area contributed by atoms with Crippen molar-refractivity contribution < 1.29 is 19.2 Å². The van der Waals surface area contributed by atoms with Crippen LogP contribution in [0.4, 0.5) is 5.69 Å². The van der Waals surface area contributed by atoms with Gasteiger partial charge >= 0.3 is 0 Å². The Morgan fingerprint density at radius 1 is 1.28 bits per heavy atom. The van der Waals surface area contributed by atoms with Crippen LogP contribution >= 0.6 is 0 Å². The maximum Gasteiger partial charge on any atom is 0.287 e. The first-order chi connectivity index (χ1) is 13.7. The first kappa shape index (κ1) is 21.4. The lowest BCUT2D eigenvalue weighted by Crippen LogP contribution is -2.34. The van der Waals surface area contributed by atoms with E-state index in [0.29, 0.717) is 11.5 Å². The van der Waals surface area contributed by atoms with Crippen LogP contribution in [-0.4, -0.2) is 41.6 Å². The Hall–Kier alpha value is -3.87. The van der Waals surface area contributed by atoms with E-state index in [1.54, 1.807) is 25.2 Å². The van der Waals surface area contributed by atoms with Crippen LogP contribution in [0, 0.1) is 28.4 Å². The first-order valence-corrected chi connectivity index (χ1v) is 8.46. The number of hydrogen-bond acceptors (Lipinski definition) is 7. The number of nitrogens with zero attached hydrogens (tertiary/aromatic N) is 4. The van der Waals surface area contributed by atoms with E-state index in [1.165, 1.54) is 19.1 Å². The van der Waals surface area contributed by atoms with E-state index in [4.69, 9.17) is 14.7 Å². The highest BCUT2D eigenvalue weighted by Crippen LogP contribution is 2.30. The number of rotatable bonds is 7. The molecule has 2 aromatic rings. The molecule has 10 heteroatoms. The Kier molecular flexibility index (Phi) is 6.56. The van der Waals surface area contributed by atoms with Crippen molar-refractivity contribution >= 4 is 11.6 Å². The van der Waals surface area contributed by atoms with Gasteiger partial charge in [-0.1, -0.05) is 0 Å². The van der Waals surface area contributed by atoms with E-state index in [1.807, 2.05) is 6.92 Å². The SMILES string of the molecule is COc1cc(C)c(CN(C)C(=O)Cn2cc([N+](=O)[O-])cc(C#N)c2=O)cc1OC. The van der Waals surface area contributed by atoms with Gasteiger partial charge in [-0.05, 0) is 30.2 Å². The standard InChI is InChI=1S/C19H20N4O6/c1-12-5-16(28-3)17(29-4)7-14(12)9-21(2)18(24)11-22-10-15(23(26)27)6-13(8-20)19(22)25/h5-7,10H,9,11H2,1-4H3. The highest BCUT2D eigenvalue weighted by atomic mass is 16.6. The van der Waals surface area contributed by atoms with Crippen LogP contribution in [0.25, 0.3) is 0 Å². The van der Waals surface area contributed by atoms with Gasteiger partial charge in [-0.25, -0.2) is 0 Å². The van der Waals surface area contributed by atoms with Crippen LogP contribution in [0.5, 0.6) is 11.5 Å². The lowest BCUT2D eigenvalue weighted by molar-refractivity contribution is -0.385. The summed E-state index contributed by atoms with van der Waals surface area (Å²) < 4.78 is 11.4. The molecular formula is C19H20N4O6. The van der Waals surface area contributed by atoms with Gasteiger partial charge in [0.15, 0.2) is 11.5 Å². The van der Waals surface area contributed by atoms with Crippen LogP contribution in [0.2, 0.25) is 0 Å². The number of likely N-dealkylation sites (N-methyl/N-ethyl adjacent to an activating group) is 1. The number of aryl methyl sites for hydroxylation is 1. The summed E-state index contributed by atoms with van der Waals surface area (Å²) in [4.78, 5) is 36.5. The van der Waals surface area contributed by atoms with E-state index in [2.05, 4.69) is 0 Å². The van der Waals surface area contributed by atoms with Gasteiger partial charge in [-0.3, -0.25) is 24.3 Å². The number of ether oxygens (including phenoxy) is 2. The highest BCUT2D eigenvalue weighted by Gasteiger charge is 2.18. The number of pyridine rings is 1. The fourth-order valence-electron chi connectivity index (χ4n) is 2.72.